The van der Waals surface area contributed by atoms with Gasteiger partial charge in [-0.1, -0.05) is 6.07 Å². The Kier molecular flexibility index (Phi) is 3.79. The van der Waals surface area contributed by atoms with Crippen molar-refractivity contribution < 1.29 is 17.9 Å². The van der Waals surface area contributed by atoms with Gasteiger partial charge in [0.15, 0.2) is 17.4 Å². The first kappa shape index (κ1) is 13.9. The summed E-state index contributed by atoms with van der Waals surface area (Å²) in [6.07, 6.45) is 3.55. The molecule has 1 aliphatic carbocycles. The van der Waals surface area contributed by atoms with E-state index in [0.717, 1.165) is 18.9 Å². The quantitative estimate of drug-likeness (QED) is 0.916. The summed E-state index contributed by atoms with van der Waals surface area (Å²) >= 11 is 0. The van der Waals surface area contributed by atoms with Crippen LogP contribution in [0.1, 0.15) is 18.4 Å². The molecule has 1 aliphatic rings. The zero-order valence-corrected chi connectivity index (χ0v) is 11.1. The molecule has 3 rings (SSSR count). The molecule has 21 heavy (non-hydrogen) atoms. The normalized spacial score (nSPS) is 14.2. The largest absolute Gasteiger partial charge is 0.433 e. The lowest BCUT2D eigenvalue weighted by Gasteiger charge is -2.10. The maximum atomic E-state index is 14.2. The average molecular weight is 294 g/mol. The van der Waals surface area contributed by atoms with Crippen LogP contribution in [-0.2, 0) is 6.54 Å². The molecule has 1 aromatic carbocycles. The molecule has 2 aromatic rings. The van der Waals surface area contributed by atoms with Gasteiger partial charge in [-0.2, -0.15) is 4.39 Å². The fourth-order valence-electron chi connectivity index (χ4n) is 1.88. The molecule has 6 heteroatoms. The highest BCUT2D eigenvalue weighted by Gasteiger charge is 2.21. The Labute approximate surface area is 119 Å². The van der Waals surface area contributed by atoms with E-state index >= 15 is 0 Å². The van der Waals surface area contributed by atoms with Gasteiger partial charge >= 0.3 is 0 Å². The van der Waals surface area contributed by atoms with E-state index in [1.807, 2.05) is 0 Å². The molecule has 0 atom stereocenters. The van der Waals surface area contributed by atoms with Crippen molar-refractivity contribution in [2.75, 3.05) is 0 Å². The van der Waals surface area contributed by atoms with Crippen molar-refractivity contribution >= 4 is 0 Å². The van der Waals surface area contributed by atoms with Crippen LogP contribution >= 0.6 is 0 Å². The van der Waals surface area contributed by atoms with Gasteiger partial charge in [-0.25, -0.2) is 13.8 Å². The second-order valence-electron chi connectivity index (χ2n) is 4.90. The van der Waals surface area contributed by atoms with Gasteiger partial charge in [0.1, 0.15) is 0 Å². The summed E-state index contributed by atoms with van der Waals surface area (Å²) in [7, 11) is 0. The lowest BCUT2D eigenvalue weighted by atomic mass is 10.2. The van der Waals surface area contributed by atoms with Crippen LogP contribution in [0.25, 0.3) is 0 Å². The van der Waals surface area contributed by atoms with E-state index in [1.165, 1.54) is 24.4 Å². The third-order valence-corrected chi connectivity index (χ3v) is 3.22. The number of rotatable bonds is 5. The van der Waals surface area contributed by atoms with Gasteiger partial charge in [0, 0.05) is 24.3 Å². The predicted molar refractivity (Wildman–Crippen MR) is 70.5 cm³/mol. The van der Waals surface area contributed by atoms with Crippen molar-refractivity contribution in [3.8, 4) is 11.6 Å². The summed E-state index contributed by atoms with van der Waals surface area (Å²) < 4.78 is 45.9. The van der Waals surface area contributed by atoms with Crippen molar-refractivity contribution in [2.45, 2.75) is 25.4 Å². The Morgan fingerprint density at radius 2 is 1.95 bits per heavy atom. The highest BCUT2D eigenvalue weighted by Crippen LogP contribution is 2.28. The zero-order valence-electron chi connectivity index (χ0n) is 11.1. The van der Waals surface area contributed by atoms with Crippen LogP contribution < -0.4 is 10.1 Å². The van der Waals surface area contributed by atoms with Crippen LogP contribution in [0.3, 0.4) is 0 Å². The molecule has 0 unspecified atom stereocenters. The van der Waals surface area contributed by atoms with Crippen LogP contribution in [0.5, 0.6) is 11.6 Å². The fraction of sp³-hybridized carbons (Fsp3) is 0.267. The van der Waals surface area contributed by atoms with E-state index < -0.39 is 23.2 Å². The molecule has 110 valence electrons. The summed E-state index contributed by atoms with van der Waals surface area (Å²) in [6, 6.07) is 5.42. The van der Waals surface area contributed by atoms with E-state index in [-0.39, 0.29) is 5.88 Å². The fourth-order valence-corrected chi connectivity index (χ4v) is 1.88. The van der Waals surface area contributed by atoms with Crippen molar-refractivity contribution in [2.24, 2.45) is 0 Å². The summed E-state index contributed by atoms with van der Waals surface area (Å²) in [5.74, 6) is -3.66. The van der Waals surface area contributed by atoms with Crippen molar-refractivity contribution in [1.82, 2.24) is 10.3 Å². The molecular weight excluding hydrogens is 281 g/mol. The van der Waals surface area contributed by atoms with Crippen LogP contribution in [0, 0.1) is 17.5 Å². The van der Waals surface area contributed by atoms with Gasteiger partial charge in [-0.15, -0.1) is 0 Å². The lowest BCUT2D eigenvalue weighted by molar-refractivity contribution is 0.381. The number of benzene rings is 1. The first-order valence-electron chi connectivity index (χ1n) is 6.64. The number of nitrogens with zero attached hydrogens (tertiary/aromatic N) is 1. The van der Waals surface area contributed by atoms with Crippen LogP contribution in [-0.4, -0.2) is 11.0 Å². The van der Waals surface area contributed by atoms with Gasteiger partial charge in [0.25, 0.3) is 5.88 Å². The third kappa shape index (κ3) is 3.16. The van der Waals surface area contributed by atoms with Gasteiger partial charge in [-0.05, 0) is 31.0 Å². The number of hydrogen-bond acceptors (Lipinski definition) is 3. The maximum absolute atomic E-state index is 14.2. The molecule has 0 bridgehead atoms. The van der Waals surface area contributed by atoms with Crippen LogP contribution in [0.4, 0.5) is 13.2 Å². The van der Waals surface area contributed by atoms with E-state index in [0.29, 0.717) is 18.2 Å². The molecular formula is C15H13F3N2O. The lowest BCUT2D eigenvalue weighted by Crippen LogP contribution is -2.16. The molecule has 1 N–H and O–H groups in total. The summed E-state index contributed by atoms with van der Waals surface area (Å²) in [6.45, 7) is 0.348. The molecule has 0 spiro atoms. The molecule has 1 heterocycles. The van der Waals surface area contributed by atoms with Crippen LogP contribution in [0.2, 0.25) is 0 Å². The maximum Gasteiger partial charge on any atom is 0.256 e. The first-order chi connectivity index (χ1) is 10.1. The topological polar surface area (TPSA) is 34.1 Å². The van der Waals surface area contributed by atoms with E-state index in [4.69, 9.17) is 4.74 Å². The van der Waals surface area contributed by atoms with E-state index in [9.17, 15) is 13.2 Å². The molecule has 0 radical (unpaired) electrons. The smallest absolute Gasteiger partial charge is 0.256 e. The average Bonchev–Trinajstić information content (AvgIpc) is 3.29. The summed E-state index contributed by atoms with van der Waals surface area (Å²) in [5.41, 5.74) is 0.378. The van der Waals surface area contributed by atoms with Gasteiger partial charge < -0.3 is 10.1 Å². The van der Waals surface area contributed by atoms with Gasteiger partial charge in [0.05, 0.1) is 0 Å². The molecule has 3 nitrogen and oxygen atoms in total. The first-order valence-corrected chi connectivity index (χ1v) is 6.64. The van der Waals surface area contributed by atoms with Crippen molar-refractivity contribution in [3.63, 3.8) is 0 Å². The van der Waals surface area contributed by atoms with Crippen LogP contribution in [0.15, 0.2) is 30.5 Å². The Morgan fingerprint density at radius 1 is 1.14 bits per heavy atom. The number of halogens is 3. The minimum absolute atomic E-state index is 0.348. The predicted octanol–water partition coefficient (Wildman–Crippen LogP) is 3.54. The standard InChI is InChI=1S/C15H13F3N2O/c16-11-2-1-3-12(14(11)18)21-15-13(17)9(6-7-19-15)8-20-10-4-5-10/h1-3,6-7,10,20H,4-5,8H2. The van der Waals surface area contributed by atoms with Crippen molar-refractivity contribution in [1.29, 1.82) is 0 Å². The third-order valence-electron chi connectivity index (χ3n) is 3.22. The zero-order chi connectivity index (χ0) is 14.8. The number of hydrogen-bond donors (Lipinski definition) is 1. The number of ether oxygens (including phenoxy) is 1. The summed E-state index contributed by atoms with van der Waals surface area (Å²) in [4.78, 5) is 3.73. The minimum atomic E-state index is -1.17. The van der Waals surface area contributed by atoms with E-state index in [1.54, 1.807) is 0 Å². The highest BCUT2D eigenvalue weighted by molar-refractivity contribution is 5.32. The van der Waals surface area contributed by atoms with E-state index in [2.05, 4.69) is 10.3 Å². The molecule has 0 amide bonds. The van der Waals surface area contributed by atoms with Crippen molar-refractivity contribution in [3.05, 3.63) is 53.5 Å². The summed E-state index contributed by atoms with van der Waals surface area (Å²) in [5, 5.41) is 3.17. The minimum Gasteiger partial charge on any atom is -0.433 e. The molecule has 1 fully saturated rings. The molecule has 0 saturated heterocycles. The molecule has 0 aliphatic heterocycles. The number of nitrogens with one attached hydrogen (secondary N) is 1. The number of pyridine rings is 1. The Hall–Kier alpha value is -2.08. The number of aromatic nitrogens is 1. The Morgan fingerprint density at radius 3 is 2.71 bits per heavy atom. The van der Waals surface area contributed by atoms with Gasteiger partial charge in [0.2, 0.25) is 5.82 Å². The SMILES string of the molecule is Fc1cccc(Oc2nccc(CNC3CC3)c2F)c1F. The second kappa shape index (κ2) is 5.73. The Balaban J connectivity index is 1.81. The van der Waals surface area contributed by atoms with Gasteiger partial charge in [-0.3, -0.25) is 0 Å². The second-order valence-corrected chi connectivity index (χ2v) is 4.90. The molecule has 1 aromatic heterocycles. The monoisotopic (exact) mass is 294 g/mol. The highest BCUT2D eigenvalue weighted by atomic mass is 19.2. The Bertz CT molecular complexity index is 659. The molecule has 1 saturated carbocycles.